The van der Waals surface area contributed by atoms with Crippen molar-refractivity contribution < 1.29 is 29.8 Å². The molecule has 0 aromatic heterocycles. The summed E-state index contributed by atoms with van der Waals surface area (Å²) in [5, 5.41) is 4.37. The number of rotatable bonds is 6. The summed E-state index contributed by atoms with van der Waals surface area (Å²) >= 11 is 0. The molecule has 0 heterocycles. The van der Waals surface area contributed by atoms with Gasteiger partial charge in [0, 0.05) is 42.3 Å². The standard InChI is InChI=1S/C14H26N4OP.F6P/c1-13(14-11-9-8-10-12-14)15-19-20(16(2)3,17(4)5)18(6)7;1-7(2,3,4,5)6/h8-12H,1-7H3;/q+1;-1/b15-13+;. The first-order valence-corrected chi connectivity index (χ1v) is 11.1. The summed E-state index contributed by atoms with van der Waals surface area (Å²) in [4.78, 5) is 0. The molecule has 160 valence electrons. The molecule has 0 aliphatic rings. The van der Waals surface area contributed by atoms with Crippen LogP contribution in [0.5, 0.6) is 0 Å². The maximum atomic E-state index is 9.87. The molecule has 0 saturated carbocycles. The van der Waals surface area contributed by atoms with Crippen molar-refractivity contribution in [3.05, 3.63) is 35.9 Å². The zero-order chi connectivity index (χ0) is 21.7. The van der Waals surface area contributed by atoms with Gasteiger partial charge >= 0.3 is 40.9 Å². The number of nitrogens with zero attached hydrogens (tertiary/aromatic N) is 4. The maximum absolute atomic E-state index is 10.7. The molecular formula is C14H26F6N4OP2. The Kier molecular flexibility index (Phi) is 7.87. The van der Waals surface area contributed by atoms with Crippen molar-refractivity contribution in [2.45, 2.75) is 6.92 Å². The van der Waals surface area contributed by atoms with Crippen LogP contribution in [-0.4, -0.2) is 62.0 Å². The third-order valence-electron chi connectivity index (χ3n) is 3.04. The second kappa shape index (κ2) is 8.17. The zero-order valence-corrected chi connectivity index (χ0v) is 18.0. The molecule has 27 heavy (non-hydrogen) atoms. The van der Waals surface area contributed by atoms with E-state index in [0.717, 1.165) is 11.3 Å². The Morgan fingerprint density at radius 1 is 0.815 bits per heavy atom. The van der Waals surface area contributed by atoms with Crippen molar-refractivity contribution in [3.8, 4) is 0 Å². The summed E-state index contributed by atoms with van der Waals surface area (Å²) < 4.78 is 71.5. The predicted octanol–water partition coefficient (Wildman–Crippen LogP) is 6.17. The average molecular weight is 442 g/mol. The molecule has 0 N–H and O–H groups in total. The Bertz CT molecular complexity index is 602. The molecule has 1 rings (SSSR count). The Morgan fingerprint density at radius 2 is 1.15 bits per heavy atom. The molecule has 0 saturated heterocycles. The third-order valence-corrected chi connectivity index (χ3v) is 6.47. The molecule has 1 aromatic rings. The molecule has 13 heteroatoms. The first-order chi connectivity index (χ1) is 11.8. The van der Waals surface area contributed by atoms with Crippen LogP contribution in [0.1, 0.15) is 12.5 Å². The van der Waals surface area contributed by atoms with Gasteiger partial charge in [0.25, 0.3) is 0 Å². The van der Waals surface area contributed by atoms with Gasteiger partial charge in [-0.1, -0.05) is 30.3 Å². The average Bonchev–Trinajstić information content (AvgIpc) is 2.44. The van der Waals surface area contributed by atoms with Crippen LogP contribution in [0.2, 0.25) is 0 Å². The number of hydrogen-bond donors (Lipinski definition) is 0. The van der Waals surface area contributed by atoms with E-state index >= 15 is 0 Å². The minimum absolute atomic E-state index is 0.875. The van der Waals surface area contributed by atoms with Crippen molar-refractivity contribution in [2.75, 3.05) is 42.3 Å². The second-order valence-electron chi connectivity index (χ2n) is 6.14. The molecule has 0 aliphatic carbocycles. The fraction of sp³-hybridized carbons (Fsp3) is 0.500. The van der Waals surface area contributed by atoms with E-state index in [1.54, 1.807) is 0 Å². The molecule has 0 aliphatic heterocycles. The quantitative estimate of drug-likeness (QED) is 0.228. The van der Waals surface area contributed by atoms with Crippen LogP contribution in [0.25, 0.3) is 0 Å². The topological polar surface area (TPSA) is 31.3 Å². The SMILES string of the molecule is C/C(=N\O[P+](N(C)C)(N(C)C)N(C)C)c1ccccc1.F[P-](F)(F)(F)(F)F. The molecule has 0 atom stereocenters. The monoisotopic (exact) mass is 442 g/mol. The molecule has 0 bridgehead atoms. The van der Waals surface area contributed by atoms with Crippen molar-refractivity contribution in [1.82, 2.24) is 14.0 Å². The molecule has 0 spiro atoms. The van der Waals surface area contributed by atoms with Crippen LogP contribution in [-0.2, 0) is 4.62 Å². The summed E-state index contributed by atoms with van der Waals surface area (Å²) in [5.74, 6) is 0. The van der Waals surface area contributed by atoms with Gasteiger partial charge in [-0.05, 0) is 17.6 Å². The van der Waals surface area contributed by atoms with Crippen LogP contribution in [0.3, 0.4) is 0 Å². The summed E-state index contributed by atoms with van der Waals surface area (Å²) in [6.45, 7) is 1.96. The Labute approximate surface area is 156 Å². The molecule has 0 amide bonds. The van der Waals surface area contributed by atoms with Gasteiger partial charge in [0.05, 0.1) is 5.71 Å². The van der Waals surface area contributed by atoms with Crippen molar-refractivity contribution >= 4 is 21.5 Å². The van der Waals surface area contributed by atoms with Crippen LogP contribution in [0.15, 0.2) is 35.5 Å². The number of hydrogen-bond acceptors (Lipinski definition) is 5. The van der Waals surface area contributed by atoms with Crippen molar-refractivity contribution in [2.24, 2.45) is 5.16 Å². The van der Waals surface area contributed by atoms with Gasteiger partial charge < -0.3 is 0 Å². The van der Waals surface area contributed by atoms with Crippen LogP contribution in [0, 0.1) is 0 Å². The van der Waals surface area contributed by atoms with E-state index in [9.17, 15) is 25.2 Å². The minimum atomic E-state index is -10.7. The summed E-state index contributed by atoms with van der Waals surface area (Å²) in [5.41, 5.74) is 1.95. The number of benzene rings is 1. The second-order valence-corrected chi connectivity index (χ2v) is 11.6. The van der Waals surface area contributed by atoms with E-state index in [1.807, 2.05) is 79.5 Å². The van der Waals surface area contributed by atoms with E-state index in [1.165, 1.54) is 0 Å². The first-order valence-electron chi connectivity index (χ1n) is 7.55. The van der Waals surface area contributed by atoms with E-state index in [0.29, 0.717) is 0 Å². The van der Waals surface area contributed by atoms with E-state index in [-0.39, 0.29) is 0 Å². The summed E-state index contributed by atoms with van der Waals surface area (Å²) in [7, 11) is -0.641. The molecule has 0 radical (unpaired) electrons. The normalized spacial score (nSPS) is 15.9. The fourth-order valence-corrected chi connectivity index (χ4v) is 4.96. The summed E-state index contributed by atoms with van der Waals surface area (Å²) in [6.07, 6.45) is 0. The third kappa shape index (κ3) is 10.8. The predicted molar refractivity (Wildman–Crippen MR) is 101 cm³/mol. The van der Waals surface area contributed by atoms with Crippen LogP contribution in [0.4, 0.5) is 25.2 Å². The molecular weight excluding hydrogens is 416 g/mol. The van der Waals surface area contributed by atoms with Gasteiger partial charge in [0.2, 0.25) is 0 Å². The summed E-state index contributed by atoms with van der Waals surface area (Å²) in [6, 6.07) is 10.1. The van der Waals surface area contributed by atoms with Gasteiger partial charge in [-0.15, -0.1) is 14.0 Å². The van der Waals surface area contributed by atoms with Crippen LogP contribution < -0.4 is 0 Å². The Morgan fingerprint density at radius 3 is 1.44 bits per heavy atom. The van der Waals surface area contributed by atoms with Gasteiger partial charge in [0.15, 0.2) is 0 Å². The van der Waals surface area contributed by atoms with E-state index < -0.39 is 15.8 Å². The molecule has 5 nitrogen and oxygen atoms in total. The van der Waals surface area contributed by atoms with Gasteiger partial charge in [-0.3, -0.25) is 0 Å². The van der Waals surface area contributed by atoms with Gasteiger partial charge in [0.1, 0.15) is 0 Å². The Balaban J connectivity index is 0.000000821. The van der Waals surface area contributed by atoms with Gasteiger partial charge in [-0.25, -0.2) is 0 Å². The van der Waals surface area contributed by atoms with E-state index in [2.05, 4.69) is 19.2 Å². The molecule has 1 aromatic carbocycles. The zero-order valence-electron chi connectivity index (χ0n) is 16.2. The fourth-order valence-electron chi connectivity index (χ4n) is 2.14. The van der Waals surface area contributed by atoms with Gasteiger partial charge in [-0.2, -0.15) is 4.62 Å². The number of halogens is 6. The number of oxime groups is 1. The molecule has 0 fully saturated rings. The van der Waals surface area contributed by atoms with Crippen LogP contribution >= 0.6 is 15.8 Å². The first kappa shape index (κ1) is 26.0. The molecule has 0 unspecified atom stereocenters. The van der Waals surface area contributed by atoms with Crippen molar-refractivity contribution in [3.63, 3.8) is 0 Å². The van der Waals surface area contributed by atoms with E-state index in [4.69, 9.17) is 4.62 Å². The van der Waals surface area contributed by atoms with Crippen molar-refractivity contribution in [1.29, 1.82) is 0 Å². The Hall–Kier alpha value is -0.990.